The van der Waals surface area contributed by atoms with Crippen LogP contribution in [0.2, 0.25) is 0 Å². The van der Waals surface area contributed by atoms with E-state index in [2.05, 4.69) is 6.92 Å². The average molecular weight is 441 g/mol. The third-order valence-electron chi connectivity index (χ3n) is 6.09. The molecular formula is C27H52O4. The van der Waals surface area contributed by atoms with Gasteiger partial charge in [0.15, 0.2) is 6.10 Å². The molecular weight excluding hydrogens is 388 g/mol. The van der Waals surface area contributed by atoms with Crippen LogP contribution >= 0.6 is 0 Å². The molecule has 0 aliphatic rings. The summed E-state index contributed by atoms with van der Waals surface area (Å²) >= 11 is 0. The predicted octanol–water partition coefficient (Wildman–Crippen LogP) is 8.30. The minimum Gasteiger partial charge on any atom is -0.466 e. The molecule has 0 aromatic heterocycles. The van der Waals surface area contributed by atoms with Crippen LogP contribution in [0.4, 0.5) is 0 Å². The van der Waals surface area contributed by atoms with Crippen molar-refractivity contribution < 1.29 is 19.1 Å². The Bertz CT molecular complexity index is 408. The minimum atomic E-state index is -0.738. The van der Waals surface area contributed by atoms with E-state index in [9.17, 15) is 9.59 Å². The van der Waals surface area contributed by atoms with Crippen LogP contribution in [0.25, 0.3) is 0 Å². The summed E-state index contributed by atoms with van der Waals surface area (Å²) < 4.78 is 9.72. The first kappa shape index (κ1) is 29.9. The first-order valence-electron chi connectivity index (χ1n) is 13.4. The highest BCUT2D eigenvalue weighted by Gasteiger charge is 2.21. The van der Waals surface area contributed by atoms with E-state index in [1.807, 2.05) is 0 Å². The summed E-state index contributed by atoms with van der Waals surface area (Å²) in [5.74, 6) is -0.878. The van der Waals surface area contributed by atoms with E-state index in [1.54, 1.807) is 0 Å². The molecule has 0 spiro atoms. The maximum absolute atomic E-state index is 11.6. The Hall–Kier alpha value is -1.06. The summed E-state index contributed by atoms with van der Waals surface area (Å²) in [5, 5.41) is 0. The molecule has 0 bridgehead atoms. The van der Waals surface area contributed by atoms with Crippen molar-refractivity contribution in [3.8, 4) is 0 Å². The van der Waals surface area contributed by atoms with E-state index >= 15 is 0 Å². The van der Waals surface area contributed by atoms with Gasteiger partial charge in [0.1, 0.15) is 0 Å². The molecule has 0 aromatic carbocycles. The van der Waals surface area contributed by atoms with Crippen molar-refractivity contribution in [1.29, 1.82) is 0 Å². The molecule has 0 radical (unpaired) electrons. The van der Waals surface area contributed by atoms with E-state index < -0.39 is 18.0 Å². The fourth-order valence-electron chi connectivity index (χ4n) is 4.14. The molecule has 0 saturated carbocycles. The van der Waals surface area contributed by atoms with Gasteiger partial charge in [0.2, 0.25) is 0 Å². The van der Waals surface area contributed by atoms with Crippen LogP contribution in [-0.4, -0.2) is 25.2 Å². The van der Waals surface area contributed by atoms with E-state index in [4.69, 9.17) is 9.47 Å². The molecule has 0 rings (SSSR count). The standard InChI is InChI=1S/C27H52O4/c1-4-5-6-7-8-9-10-11-12-13-14-15-16-17-18-19-20-21-22-23-24-26(27(29)30-3)31-25(2)28/h26H,4-24H2,1-3H3/t26-/m1/s1. The highest BCUT2D eigenvalue weighted by Crippen LogP contribution is 2.16. The number of methoxy groups -OCH3 is 1. The van der Waals surface area contributed by atoms with Crippen LogP contribution in [0, 0.1) is 0 Å². The second-order valence-corrected chi connectivity index (χ2v) is 9.13. The third-order valence-corrected chi connectivity index (χ3v) is 6.09. The lowest BCUT2D eigenvalue weighted by atomic mass is 10.0. The summed E-state index contributed by atoms with van der Waals surface area (Å²) in [7, 11) is 1.33. The van der Waals surface area contributed by atoms with Gasteiger partial charge >= 0.3 is 11.9 Å². The van der Waals surface area contributed by atoms with Crippen molar-refractivity contribution in [3.05, 3.63) is 0 Å². The summed E-state index contributed by atoms with van der Waals surface area (Å²) in [5.41, 5.74) is 0. The van der Waals surface area contributed by atoms with E-state index in [1.165, 1.54) is 130 Å². The van der Waals surface area contributed by atoms with Crippen molar-refractivity contribution in [2.45, 2.75) is 155 Å². The first-order chi connectivity index (χ1) is 15.1. The van der Waals surface area contributed by atoms with Gasteiger partial charge in [0.25, 0.3) is 0 Å². The molecule has 0 heterocycles. The van der Waals surface area contributed by atoms with Gasteiger partial charge in [0.05, 0.1) is 7.11 Å². The molecule has 0 amide bonds. The fraction of sp³-hybridized carbons (Fsp3) is 0.926. The Labute approximate surface area is 193 Å². The molecule has 4 nitrogen and oxygen atoms in total. The van der Waals surface area contributed by atoms with E-state index in [0.29, 0.717) is 6.42 Å². The molecule has 1 atom stereocenters. The maximum atomic E-state index is 11.6. The largest absolute Gasteiger partial charge is 0.466 e. The number of hydrogen-bond donors (Lipinski definition) is 0. The molecule has 4 heteroatoms. The van der Waals surface area contributed by atoms with Crippen LogP contribution in [0.3, 0.4) is 0 Å². The van der Waals surface area contributed by atoms with Crippen molar-refractivity contribution in [3.63, 3.8) is 0 Å². The monoisotopic (exact) mass is 440 g/mol. The zero-order chi connectivity index (χ0) is 23.0. The van der Waals surface area contributed by atoms with Crippen molar-refractivity contribution in [2.75, 3.05) is 7.11 Å². The maximum Gasteiger partial charge on any atom is 0.347 e. The summed E-state index contributed by atoms with van der Waals surface area (Å²) in [6.45, 7) is 3.61. The molecule has 184 valence electrons. The summed E-state index contributed by atoms with van der Waals surface area (Å²) in [4.78, 5) is 22.6. The van der Waals surface area contributed by atoms with Crippen molar-refractivity contribution >= 4 is 11.9 Å². The van der Waals surface area contributed by atoms with Gasteiger partial charge < -0.3 is 9.47 Å². The van der Waals surface area contributed by atoms with Crippen LogP contribution in [0.15, 0.2) is 0 Å². The fourth-order valence-corrected chi connectivity index (χ4v) is 4.14. The number of unbranched alkanes of at least 4 members (excludes halogenated alkanes) is 19. The Balaban J connectivity index is 3.27. The number of hydrogen-bond acceptors (Lipinski definition) is 4. The normalized spacial score (nSPS) is 12.0. The van der Waals surface area contributed by atoms with Crippen molar-refractivity contribution in [1.82, 2.24) is 0 Å². The van der Waals surface area contributed by atoms with Gasteiger partial charge in [-0.15, -0.1) is 0 Å². The van der Waals surface area contributed by atoms with Gasteiger partial charge in [0, 0.05) is 6.92 Å². The smallest absolute Gasteiger partial charge is 0.347 e. The highest BCUT2D eigenvalue weighted by molar-refractivity contribution is 5.78. The summed E-state index contributed by atoms with van der Waals surface area (Å²) in [6.07, 6.45) is 26.8. The predicted molar refractivity (Wildman–Crippen MR) is 130 cm³/mol. The number of carbonyl (C=O) groups excluding carboxylic acids is 2. The third kappa shape index (κ3) is 21.9. The molecule has 0 N–H and O–H groups in total. The molecule has 0 aliphatic heterocycles. The summed E-state index contributed by atoms with van der Waals surface area (Å²) in [6, 6.07) is 0. The van der Waals surface area contributed by atoms with Gasteiger partial charge in [-0.3, -0.25) is 4.79 Å². The van der Waals surface area contributed by atoms with Gasteiger partial charge in [-0.2, -0.15) is 0 Å². The Morgan fingerprint density at radius 3 is 1.19 bits per heavy atom. The number of ether oxygens (including phenoxy) is 2. The SMILES string of the molecule is CCCCCCCCCCCCCCCCCCCCCC[C@@H](OC(C)=O)C(=O)OC. The lowest BCUT2D eigenvalue weighted by Gasteiger charge is -2.14. The minimum absolute atomic E-state index is 0.427. The average Bonchev–Trinajstić information content (AvgIpc) is 2.76. The number of rotatable bonds is 23. The Kier molecular flexibility index (Phi) is 22.8. The van der Waals surface area contributed by atoms with Crippen LogP contribution in [0.5, 0.6) is 0 Å². The van der Waals surface area contributed by atoms with Gasteiger partial charge in [-0.25, -0.2) is 4.79 Å². The molecule has 0 fully saturated rings. The Morgan fingerprint density at radius 1 is 0.581 bits per heavy atom. The topological polar surface area (TPSA) is 52.6 Å². The molecule has 31 heavy (non-hydrogen) atoms. The lowest BCUT2D eigenvalue weighted by Crippen LogP contribution is -2.27. The Morgan fingerprint density at radius 2 is 0.903 bits per heavy atom. The molecule has 0 aliphatic carbocycles. The molecule has 0 saturated heterocycles. The van der Waals surface area contributed by atoms with Crippen LogP contribution < -0.4 is 0 Å². The van der Waals surface area contributed by atoms with E-state index in [-0.39, 0.29) is 0 Å². The zero-order valence-electron chi connectivity index (χ0n) is 21.1. The molecule has 0 aromatic rings. The quantitative estimate of drug-likeness (QED) is 0.118. The lowest BCUT2D eigenvalue weighted by molar-refractivity contribution is -0.165. The van der Waals surface area contributed by atoms with Crippen LogP contribution in [0.1, 0.15) is 149 Å². The second-order valence-electron chi connectivity index (χ2n) is 9.13. The zero-order valence-corrected chi connectivity index (χ0v) is 21.1. The van der Waals surface area contributed by atoms with Crippen molar-refractivity contribution in [2.24, 2.45) is 0 Å². The van der Waals surface area contributed by atoms with E-state index in [0.717, 1.165) is 12.8 Å². The first-order valence-corrected chi connectivity index (χ1v) is 13.4. The van der Waals surface area contributed by atoms with Gasteiger partial charge in [-0.1, -0.05) is 129 Å². The number of esters is 2. The number of carbonyl (C=O) groups is 2. The van der Waals surface area contributed by atoms with Crippen LogP contribution in [-0.2, 0) is 19.1 Å². The highest BCUT2D eigenvalue weighted by atomic mass is 16.6. The molecule has 0 unspecified atom stereocenters. The second kappa shape index (κ2) is 23.6. The van der Waals surface area contributed by atoms with Gasteiger partial charge in [-0.05, 0) is 12.8 Å².